The van der Waals surface area contributed by atoms with E-state index in [4.69, 9.17) is 4.74 Å². The Labute approximate surface area is 116 Å². The van der Waals surface area contributed by atoms with Crippen molar-refractivity contribution < 1.29 is 9.53 Å². The first-order chi connectivity index (χ1) is 9.78. The first-order valence-electron chi connectivity index (χ1n) is 6.29. The largest absolute Gasteiger partial charge is 0.496 e. The van der Waals surface area contributed by atoms with Gasteiger partial charge in [-0.25, -0.2) is 0 Å². The number of hydrogen-bond acceptors (Lipinski definition) is 2. The van der Waals surface area contributed by atoms with Crippen molar-refractivity contribution in [3.8, 4) is 5.75 Å². The molecule has 0 bridgehead atoms. The van der Waals surface area contributed by atoms with Crippen LogP contribution in [0.1, 0.15) is 10.4 Å². The molecule has 2 N–H and O–H groups in total. The van der Waals surface area contributed by atoms with Gasteiger partial charge in [0.05, 0.1) is 12.7 Å². The smallest absolute Gasteiger partial charge is 0.259 e. The summed E-state index contributed by atoms with van der Waals surface area (Å²) >= 11 is 0. The van der Waals surface area contributed by atoms with Crippen LogP contribution in [0.3, 0.4) is 0 Å². The van der Waals surface area contributed by atoms with Gasteiger partial charge in [-0.2, -0.15) is 0 Å². The number of aromatic nitrogens is 1. The van der Waals surface area contributed by atoms with Crippen molar-refractivity contribution in [2.45, 2.75) is 0 Å². The van der Waals surface area contributed by atoms with E-state index in [0.29, 0.717) is 11.3 Å². The summed E-state index contributed by atoms with van der Waals surface area (Å²) in [4.78, 5) is 15.4. The molecule has 0 fully saturated rings. The molecule has 3 rings (SSSR count). The summed E-state index contributed by atoms with van der Waals surface area (Å²) in [6.07, 6.45) is 1.87. The van der Waals surface area contributed by atoms with Crippen LogP contribution in [-0.4, -0.2) is 18.0 Å². The molecule has 1 aromatic heterocycles. The number of carbonyl (C=O) groups excluding carboxylic acids is 1. The molecule has 0 atom stereocenters. The van der Waals surface area contributed by atoms with E-state index in [1.165, 1.54) is 0 Å². The van der Waals surface area contributed by atoms with Crippen molar-refractivity contribution in [2.24, 2.45) is 0 Å². The second kappa shape index (κ2) is 5.09. The molecule has 2 aromatic carbocycles. The Balaban J connectivity index is 1.88. The topological polar surface area (TPSA) is 54.1 Å². The van der Waals surface area contributed by atoms with Crippen LogP contribution in [0.15, 0.2) is 54.7 Å². The maximum absolute atomic E-state index is 12.3. The van der Waals surface area contributed by atoms with Crippen LogP contribution in [0.25, 0.3) is 10.9 Å². The van der Waals surface area contributed by atoms with Gasteiger partial charge in [0.1, 0.15) is 5.75 Å². The quantitative estimate of drug-likeness (QED) is 0.763. The van der Waals surface area contributed by atoms with E-state index in [1.54, 1.807) is 19.2 Å². The van der Waals surface area contributed by atoms with E-state index in [0.717, 1.165) is 16.6 Å². The van der Waals surface area contributed by atoms with Crippen molar-refractivity contribution in [1.82, 2.24) is 4.98 Å². The fraction of sp³-hybridized carbons (Fsp3) is 0.0625. The molecule has 0 aliphatic rings. The summed E-state index contributed by atoms with van der Waals surface area (Å²) in [6.45, 7) is 0. The van der Waals surface area contributed by atoms with Crippen molar-refractivity contribution in [3.63, 3.8) is 0 Å². The number of para-hydroxylation sites is 1. The first kappa shape index (κ1) is 12.3. The number of ether oxygens (including phenoxy) is 1. The van der Waals surface area contributed by atoms with Crippen molar-refractivity contribution in [2.75, 3.05) is 12.4 Å². The highest BCUT2D eigenvalue weighted by Gasteiger charge is 2.11. The van der Waals surface area contributed by atoms with Crippen molar-refractivity contribution >= 4 is 22.5 Å². The maximum atomic E-state index is 12.3. The minimum atomic E-state index is -0.183. The zero-order valence-corrected chi connectivity index (χ0v) is 11.0. The lowest BCUT2D eigenvalue weighted by atomic mass is 10.1. The molecule has 0 unspecified atom stereocenters. The van der Waals surface area contributed by atoms with Gasteiger partial charge in [0.25, 0.3) is 5.91 Å². The molecule has 3 aromatic rings. The molecule has 100 valence electrons. The summed E-state index contributed by atoms with van der Waals surface area (Å²) < 4.78 is 5.20. The molecule has 20 heavy (non-hydrogen) atoms. The van der Waals surface area contributed by atoms with Gasteiger partial charge in [0.2, 0.25) is 0 Å². The average Bonchev–Trinajstić information content (AvgIpc) is 2.94. The fourth-order valence-electron chi connectivity index (χ4n) is 2.16. The molecule has 0 saturated carbocycles. The molecular formula is C16H14N2O2. The highest BCUT2D eigenvalue weighted by atomic mass is 16.5. The first-order valence-corrected chi connectivity index (χ1v) is 6.29. The van der Waals surface area contributed by atoms with Crippen LogP contribution in [0.2, 0.25) is 0 Å². The molecule has 1 heterocycles. The SMILES string of the molecule is COc1ccccc1C(=O)Nc1ccc2[nH]ccc2c1. The van der Waals surface area contributed by atoms with Crippen LogP contribution in [0.5, 0.6) is 5.75 Å². The van der Waals surface area contributed by atoms with Gasteiger partial charge in [-0.15, -0.1) is 0 Å². The van der Waals surface area contributed by atoms with Gasteiger partial charge in [-0.3, -0.25) is 4.79 Å². The normalized spacial score (nSPS) is 10.4. The van der Waals surface area contributed by atoms with Gasteiger partial charge in [0.15, 0.2) is 0 Å². The van der Waals surface area contributed by atoms with Gasteiger partial charge in [-0.05, 0) is 36.4 Å². The molecule has 1 amide bonds. The number of benzene rings is 2. The number of fused-ring (bicyclic) bond motifs is 1. The second-order valence-corrected chi connectivity index (χ2v) is 4.43. The third kappa shape index (κ3) is 2.23. The average molecular weight is 266 g/mol. The lowest BCUT2D eigenvalue weighted by Gasteiger charge is -2.09. The van der Waals surface area contributed by atoms with Crippen LogP contribution in [-0.2, 0) is 0 Å². The number of nitrogens with one attached hydrogen (secondary N) is 2. The minimum Gasteiger partial charge on any atom is -0.496 e. The predicted octanol–water partition coefficient (Wildman–Crippen LogP) is 3.43. The Bertz CT molecular complexity index is 762. The number of carbonyl (C=O) groups is 1. The van der Waals surface area contributed by atoms with Crippen LogP contribution < -0.4 is 10.1 Å². The summed E-state index contributed by atoms with van der Waals surface area (Å²) in [7, 11) is 1.55. The Hall–Kier alpha value is -2.75. The van der Waals surface area contributed by atoms with E-state index in [2.05, 4.69) is 10.3 Å². The second-order valence-electron chi connectivity index (χ2n) is 4.43. The lowest BCUT2D eigenvalue weighted by Crippen LogP contribution is -2.12. The number of rotatable bonds is 3. The highest BCUT2D eigenvalue weighted by Crippen LogP contribution is 2.21. The van der Waals surface area contributed by atoms with Crippen molar-refractivity contribution in [1.29, 1.82) is 0 Å². The lowest BCUT2D eigenvalue weighted by molar-refractivity contribution is 0.102. The van der Waals surface area contributed by atoms with E-state index < -0.39 is 0 Å². The number of methoxy groups -OCH3 is 1. The molecule has 4 nitrogen and oxygen atoms in total. The number of amides is 1. The Morgan fingerprint density at radius 3 is 2.85 bits per heavy atom. The molecule has 0 saturated heterocycles. The summed E-state index contributed by atoms with van der Waals surface area (Å²) in [5.41, 5.74) is 2.32. The Kier molecular flexibility index (Phi) is 3.13. The molecule has 4 heteroatoms. The molecule has 0 aliphatic carbocycles. The fourth-order valence-corrected chi connectivity index (χ4v) is 2.16. The molecule has 0 spiro atoms. The number of anilines is 1. The highest BCUT2D eigenvalue weighted by molar-refractivity contribution is 6.06. The number of hydrogen-bond donors (Lipinski definition) is 2. The van der Waals surface area contributed by atoms with E-state index in [9.17, 15) is 4.79 Å². The van der Waals surface area contributed by atoms with E-state index in [-0.39, 0.29) is 5.91 Å². The number of aromatic amines is 1. The van der Waals surface area contributed by atoms with Gasteiger partial charge in [0, 0.05) is 22.8 Å². The van der Waals surface area contributed by atoms with Crippen LogP contribution >= 0.6 is 0 Å². The minimum absolute atomic E-state index is 0.183. The summed E-state index contributed by atoms with van der Waals surface area (Å²) in [5, 5.41) is 3.94. The molecular weight excluding hydrogens is 252 g/mol. The van der Waals surface area contributed by atoms with Crippen molar-refractivity contribution in [3.05, 3.63) is 60.3 Å². The Morgan fingerprint density at radius 2 is 2.00 bits per heavy atom. The summed E-state index contributed by atoms with van der Waals surface area (Å²) in [6, 6.07) is 14.9. The van der Waals surface area contributed by atoms with Gasteiger partial charge < -0.3 is 15.0 Å². The Morgan fingerprint density at radius 1 is 1.15 bits per heavy atom. The maximum Gasteiger partial charge on any atom is 0.259 e. The van der Waals surface area contributed by atoms with Crippen LogP contribution in [0.4, 0.5) is 5.69 Å². The zero-order chi connectivity index (χ0) is 13.9. The summed E-state index contributed by atoms with van der Waals surface area (Å²) in [5.74, 6) is 0.380. The van der Waals surface area contributed by atoms with Gasteiger partial charge in [-0.1, -0.05) is 12.1 Å². The predicted molar refractivity (Wildman–Crippen MR) is 79.2 cm³/mol. The third-order valence-corrected chi connectivity index (χ3v) is 3.16. The third-order valence-electron chi connectivity index (χ3n) is 3.16. The zero-order valence-electron chi connectivity index (χ0n) is 11.0. The van der Waals surface area contributed by atoms with Crippen LogP contribution in [0, 0.1) is 0 Å². The van der Waals surface area contributed by atoms with E-state index >= 15 is 0 Å². The monoisotopic (exact) mass is 266 g/mol. The standard InChI is InChI=1S/C16H14N2O2/c1-20-15-5-3-2-4-13(15)16(19)18-12-6-7-14-11(10-12)8-9-17-14/h2-10,17H,1H3,(H,18,19). The number of H-pyrrole nitrogens is 1. The molecule has 0 aliphatic heterocycles. The van der Waals surface area contributed by atoms with E-state index in [1.807, 2.05) is 42.6 Å². The van der Waals surface area contributed by atoms with Gasteiger partial charge >= 0.3 is 0 Å². The molecule has 0 radical (unpaired) electrons.